The molecule has 4 unspecified atom stereocenters. The molecule has 100 valence electrons. The smallest absolute Gasteiger partial charge is 0.353 e. The highest BCUT2D eigenvalue weighted by Crippen LogP contribution is 2.28. The van der Waals surface area contributed by atoms with E-state index in [4.69, 9.17) is 15.7 Å². The summed E-state index contributed by atoms with van der Waals surface area (Å²) in [6, 6.07) is 1.30. The average Bonchev–Trinajstić information content (AvgIpc) is 2.66. The monoisotopic (exact) mass is 259 g/mol. The third-order valence-electron chi connectivity index (χ3n) is 2.72. The van der Waals surface area contributed by atoms with Gasteiger partial charge in [0.05, 0.1) is 6.61 Å². The van der Waals surface area contributed by atoms with E-state index in [0.29, 0.717) is 0 Å². The molecule has 1 fully saturated rings. The third-order valence-corrected chi connectivity index (χ3v) is 2.72. The van der Waals surface area contributed by atoms with Crippen LogP contribution >= 0.6 is 0 Å². The molecule has 1 saturated heterocycles. The van der Waals surface area contributed by atoms with Crippen molar-refractivity contribution in [2.75, 3.05) is 6.61 Å². The van der Waals surface area contributed by atoms with Gasteiger partial charge < -0.3 is 24.9 Å². The van der Waals surface area contributed by atoms with Crippen molar-refractivity contribution in [2.45, 2.75) is 24.5 Å². The molecule has 4 atom stereocenters. The SMILES string of the molecule is NOc1ccn(C2OC(CO)C(O)C2O)c(=O)n1. The van der Waals surface area contributed by atoms with Crippen molar-refractivity contribution < 1.29 is 24.9 Å². The molecule has 0 amide bonds. The van der Waals surface area contributed by atoms with Gasteiger partial charge in [-0.05, 0) is 0 Å². The van der Waals surface area contributed by atoms with Gasteiger partial charge in [0.15, 0.2) is 6.23 Å². The van der Waals surface area contributed by atoms with Gasteiger partial charge in [-0.25, -0.2) is 4.79 Å². The maximum Gasteiger partial charge on any atom is 0.353 e. The summed E-state index contributed by atoms with van der Waals surface area (Å²) in [6.45, 7) is -0.471. The number of ether oxygens (including phenoxy) is 1. The summed E-state index contributed by atoms with van der Waals surface area (Å²) in [4.78, 5) is 19.4. The van der Waals surface area contributed by atoms with Crippen LogP contribution < -0.4 is 16.4 Å². The van der Waals surface area contributed by atoms with E-state index in [1.54, 1.807) is 0 Å². The maximum absolute atomic E-state index is 11.6. The highest BCUT2D eigenvalue weighted by Gasteiger charge is 2.43. The van der Waals surface area contributed by atoms with Crippen molar-refractivity contribution >= 4 is 0 Å². The lowest BCUT2D eigenvalue weighted by Gasteiger charge is -2.16. The fourth-order valence-corrected chi connectivity index (χ4v) is 1.77. The molecule has 0 radical (unpaired) electrons. The number of aromatic nitrogens is 2. The van der Waals surface area contributed by atoms with E-state index in [2.05, 4.69) is 9.82 Å². The second kappa shape index (κ2) is 5.00. The van der Waals surface area contributed by atoms with Crippen molar-refractivity contribution in [1.82, 2.24) is 9.55 Å². The van der Waals surface area contributed by atoms with Crippen molar-refractivity contribution in [3.8, 4) is 5.88 Å². The van der Waals surface area contributed by atoms with E-state index in [0.717, 1.165) is 4.57 Å². The lowest BCUT2D eigenvalue weighted by atomic mass is 10.1. The van der Waals surface area contributed by atoms with Crippen LogP contribution in [-0.4, -0.2) is 49.8 Å². The van der Waals surface area contributed by atoms with Gasteiger partial charge in [0.1, 0.15) is 18.3 Å². The highest BCUT2D eigenvalue weighted by atomic mass is 16.6. The van der Waals surface area contributed by atoms with Crippen LogP contribution in [0.25, 0.3) is 0 Å². The molecule has 18 heavy (non-hydrogen) atoms. The second-order valence-corrected chi connectivity index (χ2v) is 3.80. The topological polar surface area (TPSA) is 140 Å². The Balaban J connectivity index is 2.30. The molecule has 1 aliphatic rings. The first kappa shape index (κ1) is 12.9. The Morgan fingerprint density at radius 3 is 2.72 bits per heavy atom. The largest absolute Gasteiger partial charge is 0.394 e. The number of nitrogens with zero attached hydrogens (tertiary/aromatic N) is 2. The zero-order valence-electron chi connectivity index (χ0n) is 9.21. The van der Waals surface area contributed by atoms with Crippen LogP contribution in [0.5, 0.6) is 5.88 Å². The first-order chi connectivity index (χ1) is 8.58. The number of nitrogens with two attached hydrogens (primary N) is 1. The Bertz CT molecular complexity index is 478. The predicted molar refractivity (Wildman–Crippen MR) is 56.3 cm³/mol. The zero-order chi connectivity index (χ0) is 13.3. The number of aliphatic hydroxyl groups is 3. The van der Waals surface area contributed by atoms with Gasteiger partial charge in [-0.3, -0.25) is 4.57 Å². The molecule has 9 heteroatoms. The van der Waals surface area contributed by atoms with E-state index in [1.807, 2.05) is 0 Å². The van der Waals surface area contributed by atoms with Crippen LogP contribution in [-0.2, 0) is 4.74 Å². The molecule has 0 spiro atoms. The van der Waals surface area contributed by atoms with Gasteiger partial charge >= 0.3 is 5.69 Å². The first-order valence-corrected chi connectivity index (χ1v) is 5.17. The summed E-state index contributed by atoms with van der Waals surface area (Å²) in [5.74, 6) is 4.77. The molecule has 0 aromatic carbocycles. The van der Waals surface area contributed by atoms with Crippen LogP contribution in [0.4, 0.5) is 0 Å². The summed E-state index contributed by atoms with van der Waals surface area (Å²) in [5, 5.41) is 28.2. The zero-order valence-corrected chi connectivity index (χ0v) is 9.21. The Morgan fingerprint density at radius 1 is 1.50 bits per heavy atom. The minimum atomic E-state index is -1.34. The normalized spacial score (nSPS) is 31.6. The summed E-state index contributed by atoms with van der Waals surface area (Å²) in [7, 11) is 0. The number of hydrogen-bond donors (Lipinski definition) is 4. The molecule has 0 bridgehead atoms. The molecule has 9 nitrogen and oxygen atoms in total. The molecule has 2 rings (SSSR count). The summed E-state index contributed by atoms with van der Waals surface area (Å²) >= 11 is 0. The van der Waals surface area contributed by atoms with Crippen LogP contribution in [0, 0.1) is 0 Å². The summed E-state index contributed by atoms with van der Waals surface area (Å²) in [6.07, 6.45) is -3.44. The molecule has 1 aliphatic heterocycles. The minimum absolute atomic E-state index is 0.0806. The number of hydrogen-bond acceptors (Lipinski definition) is 8. The molecule has 5 N–H and O–H groups in total. The van der Waals surface area contributed by atoms with Crippen LogP contribution in [0.3, 0.4) is 0 Å². The van der Waals surface area contributed by atoms with Gasteiger partial charge in [0.25, 0.3) is 0 Å². The van der Waals surface area contributed by atoms with Crippen LogP contribution in [0.2, 0.25) is 0 Å². The first-order valence-electron chi connectivity index (χ1n) is 5.17. The van der Waals surface area contributed by atoms with Crippen LogP contribution in [0.15, 0.2) is 17.1 Å². The third kappa shape index (κ3) is 2.09. The summed E-state index contributed by atoms with van der Waals surface area (Å²) < 4.78 is 6.15. The summed E-state index contributed by atoms with van der Waals surface area (Å²) in [5.41, 5.74) is -0.757. The molecule has 0 saturated carbocycles. The predicted octanol–water partition coefficient (Wildman–Crippen LogP) is -2.89. The molecular formula is C9H13N3O6. The molecular weight excluding hydrogens is 246 g/mol. The molecule has 0 aliphatic carbocycles. The lowest BCUT2D eigenvalue weighted by Crippen LogP contribution is -2.36. The van der Waals surface area contributed by atoms with E-state index in [1.165, 1.54) is 12.3 Å². The quantitative estimate of drug-likeness (QED) is 0.424. The van der Waals surface area contributed by atoms with E-state index in [9.17, 15) is 15.0 Å². The molecule has 1 aromatic rings. The highest BCUT2D eigenvalue weighted by molar-refractivity contribution is 5.06. The van der Waals surface area contributed by atoms with Crippen LogP contribution in [0.1, 0.15) is 6.23 Å². The van der Waals surface area contributed by atoms with E-state index < -0.39 is 36.8 Å². The van der Waals surface area contributed by atoms with Gasteiger partial charge in [-0.2, -0.15) is 10.9 Å². The van der Waals surface area contributed by atoms with Crippen molar-refractivity contribution in [1.29, 1.82) is 0 Å². The fraction of sp³-hybridized carbons (Fsp3) is 0.556. The Morgan fingerprint density at radius 2 is 2.22 bits per heavy atom. The Kier molecular flexibility index (Phi) is 3.59. The van der Waals surface area contributed by atoms with E-state index in [-0.39, 0.29) is 5.88 Å². The van der Waals surface area contributed by atoms with Crippen molar-refractivity contribution in [3.63, 3.8) is 0 Å². The Hall–Kier alpha value is -1.52. The minimum Gasteiger partial charge on any atom is -0.394 e. The van der Waals surface area contributed by atoms with Gasteiger partial charge in [0, 0.05) is 12.3 Å². The average molecular weight is 259 g/mol. The van der Waals surface area contributed by atoms with Crippen molar-refractivity contribution in [2.24, 2.45) is 5.90 Å². The number of rotatable bonds is 3. The van der Waals surface area contributed by atoms with E-state index >= 15 is 0 Å². The van der Waals surface area contributed by atoms with Gasteiger partial charge in [-0.1, -0.05) is 0 Å². The fourth-order valence-electron chi connectivity index (χ4n) is 1.77. The lowest BCUT2D eigenvalue weighted by molar-refractivity contribution is -0.0551. The molecule has 1 aromatic heterocycles. The Labute approximate surface area is 101 Å². The maximum atomic E-state index is 11.6. The second-order valence-electron chi connectivity index (χ2n) is 3.80. The van der Waals surface area contributed by atoms with Gasteiger partial charge in [-0.15, -0.1) is 0 Å². The number of aliphatic hydroxyl groups excluding tert-OH is 3. The van der Waals surface area contributed by atoms with Crippen molar-refractivity contribution in [3.05, 3.63) is 22.7 Å². The standard InChI is InChI=1S/C9H13N3O6/c10-18-5-1-2-12(9(16)11-5)8-7(15)6(14)4(3-13)17-8/h1-2,4,6-8,13-15H,3,10H2. The van der Waals surface area contributed by atoms with Gasteiger partial charge in [0.2, 0.25) is 5.88 Å². The molecule has 2 heterocycles.